The Balaban J connectivity index is 3.58. The summed E-state index contributed by atoms with van der Waals surface area (Å²) >= 11 is 0. The Morgan fingerprint density at radius 3 is 1.54 bits per heavy atom. The third kappa shape index (κ3) is 5.68. The van der Waals surface area contributed by atoms with Crippen molar-refractivity contribution >= 4 is 34.2 Å². The summed E-state index contributed by atoms with van der Waals surface area (Å²) in [6.45, 7) is 29.1. The molecule has 0 aromatic carbocycles. The first-order chi connectivity index (χ1) is 11.8. The van der Waals surface area contributed by atoms with Crippen molar-refractivity contribution in [2.24, 2.45) is 0 Å². The Labute approximate surface area is 162 Å². The lowest BCUT2D eigenvalue weighted by atomic mass is 10.3. The minimum atomic E-state index is -2.86. The highest BCUT2D eigenvalue weighted by Gasteiger charge is 2.53. The molecule has 0 saturated carbocycles. The Morgan fingerprint density at radius 1 is 0.731 bits per heavy atom. The van der Waals surface area contributed by atoms with E-state index < -0.39 is 40.0 Å². The van der Waals surface area contributed by atoms with E-state index >= 15 is 0 Å². The molecule has 0 aromatic heterocycles. The smallest absolute Gasteiger partial charge is 0.354 e. The van der Waals surface area contributed by atoms with Crippen LogP contribution < -0.4 is 0 Å². The van der Waals surface area contributed by atoms with Crippen LogP contribution in [0.5, 0.6) is 0 Å². The van der Waals surface area contributed by atoms with Gasteiger partial charge in [0, 0.05) is 6.04 Å². The number of rotatable bonds is 6. The molecule has 5 nitrogen and oxygen atoms in total. The predicted molar refractivity (Wildman–Crippen MR) is 116 cm³/mol. The van der Waals surface area contributed by atoms with Gasteiger partial charge in [-0.2, -0.15) is 0 Å². The highest BCUT2D eigenvalue weighted by Crippen LogP contribution is 2.35. The molecule has 5 atom stereocenters. The first-order valence-electron chi connectivity index (χ1n) is 8.50. The molecule has 0 aliphatic carbocycles. The number of allylic oxidation sites excluding steroid dienone is 1. The van der Waals surface area contributed by atoms with Gasteiger partial charge in [-0.1, -0.05) is 29.8 Å². The van der Waals surface area contributed by atoms with Crippen LogP contribution >= 0.6 is 0 Å². The summed E-state index contributed by atoms with van der Waals surface area (Å²) in [6, 6.07) is 0.588. The van der Waals surface area contributed by atoms with E-state index in [2.05, 4.69) is 32.9 Å². The maximum absolute atomic E-state index is 6.52. The van der Waals surface area contributed by atoms with E-state index in [4.69, 9.17) is 21.2 Å². The van der Waals surface area contributed by atoms with E-state index in [-0.39, 0.29) is 0 Å². The molecule has 1 rings (SSSR count). The summed E-state index contributed by atoms with van der Waals surface area (Å²) in [6.07, 6.45) is 3.42. The summed E-state index contributed by atoms with van der Waals surface area (Å²) in [5.41, 5.74) is 5.21. The molecule has 9 heteroatoms. The fraction of sp³-hybridized carbons (Fsp3) is 0.412. The molecule has 0 N–H and O–H groups in total. The second-order valence-corrected chi connectivity index (χ2v) is 19.9. The first kappa shape index (κ1) is 23.4. The van der Waals surface area contributed by atoms with Crippen LogP contribution in [0.4, 0.5) is 0 Å². The summed E-state index contributed by atoms with van der Waals surface area (Å²) < 4.78 is 32.0. The quantitative estimate of drug-likeness (QED) is 0.456. The average molecular weight is 429 g/mol. The Hall–Kier alpha value is -0.632. The number of hydrogen-bond donors (Lipinski definition) is 0. The van der Waals surface area contributed by atoms with Crippen LogP contribution in [0.25, 0.3) is 0 Å². The van der Waals surface area contributed by atoms with Crippen LogP contribution in [-0.2, 0) is 21.2 Å². The van der Waals surface area contributed by atoms with Crippen LogP contribution in [0.15, 0.2) is 62.1 Å². The van der Waals surface area contributed by atoms with E-state index in [1.807, 2.05) is 26.2 Å². The molecule has 1 saturated heterocycles. The molecular formula is C17H32O5Si4. The van der Waals surface area contributed by atoms with Crippen molar-refractivity contribution in [2.75, 3.05) is 0 Å². The molecule has 5 unspecified atom stereocenters. The van der Waals surface area contributed by atoms with Gasteiger partial charge in [0.1, 0.15) is 0 Å². The van der Waals surface area contributed by atoms with Gasteiger partial charge in [-0.05, 0) is 39.2 Å². The van der Waals surface area contributed by atoms with Crippen LogP contribution in [0.1, 0.15) is 6.92 Å². The SMILES string of the molecule is C=CC[Si]1(C)O[Si](C)(C=C)OC(C)(C=C)O[Si](C)(C=C)O[Si](C)(C=C)O1. The normalized spacial score (nSPS) is 44.5. The number of hydrogen-bond acceptors (Lipinski definition) is 5. The standard InChI is InChI=1S/C17H32O5Si4/c1-11-16-26(10)21-24(8,14-4)19-17(6,12-2)18-23(7,13-3)20-25(9,15-5)22-26/h11-15H,1-5,16H2,6-10H3. The average Bonchev–Trinajstić information content (AvgIpc) is 2.53. The molecule has 1 fully saturated rings. The highest BCUT2D eigenvalue weighted by molar-refractivity contribution is 6.92. The predicted octanol–water partition coefficient (Wildman–Crippen LogP) is 4.63. The van der Waals surface area contributed by atoms with Crippen LogP contribution in [-0.4, -0.2) is 40.0 Å². The second-order valence-electron chi connectivity index (χ2n) is 7.02. The Morgan fingerprint density at radius 2 is 1.15 bits per heavy atom. The van der Waals surface area contributed by atoms with Gasteiger partial charge < -0.3 is 21.2 Å². The molecule has 0 bridgehead atoms. The minimum absolute atomic E-state index is 0.588. The molecule has 1 aliphatic rings. The van der Waals surface area contributed by atoms with Crippen molar-refractivity contribution in [3.8, 4) is 0 Å². The lowest BCUT2D eigenvalue weighted by Gasteiger charge is -2.47. The highest BCUT2D eigenvalue weighted by atomic mass is 28.5. The van der Waals surface area contributed by atoms with Crippen molar-refractivity contribution in [1.82, 2.24) is 0 Å². The maximum atomic E-state index is 6.52. The first-order valence-corrected chi connectivity index (χ1v) is 18.2. The van der Waals surface area contributed by atoms with Crippen LogP contribution in [0.3, 0.4) is 0 Å². The van der Waals surface area contributed by atoms with E-state index in [0.717, 1.165) is 0 Å². The van der Waals surface area contributed by atoms with Gasteiger partial charge in [-0.15, -0.1) is 26.3 Å². The molecular weight excluding hydrogens is 397 g/mol. The molecule has 0 amide bonds. The van der Waals surface area contributed by atoms with Crippen molar-refractivity contribution in [1.29, 1.82) is 0 Å². The molecule has 1 heterocycles. The fourth-order valence-electron chi connectivity index (χ4n) is 2.85. The molecule has 1 aliphatic heterocycles. The molecule has 146 valence electrons. The van der Waals surface area contributed by atoms with Crippen molar-refractivity contribution < 1.29 is 21.2 Å². The van der Waals surface area contributed by atoms with Gasteiger partial charge in [0.05, 0.1) is 0 Å². The molecule has 0 aromatic rings. The van der Waals surface area contributed by atoms with Gasteiger partial charge in [-0.3, -0.25) is 0 Å². The zero-order valence-corrected chi connectivity index (χ0v) is 20.7. The fourth-order valence-corrected chi connectivity index (χ4v) is 19.0. The van der Waals surface area contributed by atoms with Crippen molar-refractivity contribution in [3.63, 3.8) is 0 Å². The van der Waals surface area contributed by atoms with Gasteiger partial charge >= 0.3 is 34.2 Å². The van der Waals surface area contributed by atoms with E-state index in [1.165, 1.54) is 0 Å². The van der Waals surface area contributed by atoms with E-state index in [0.29, 0.717) is 6.04 Å². The molecule has 0 radical (unpaired) electrons. The summed E-state index contributed by atoms with van der Waals surface area (Å²) in [4.78, 5) is 0. The largest absolute Gasteiger partial charge is 0.412 e. The van der Waals surface area contributed by atoms with Gasteiger partial charge in [0.2, 0.25) is 0 Å². The summed E-state index contributed by atoms with van der Waals surface area (Å²) in [5, 5.41) is 0. The third-order valence-electron chi connectivity index (χ3n) is 4.05. The lowest BCUT2D eigenvalue weighted by molar-refractivity contribution is -0.0894. The van der Waals surface area contributed by atoms with Crippen LogP contribution in [0.2, 0.25) is 32.2 Å². The van der Waals surface area contributed by atoms with Gasteiger partial charge in [-0.25, -0.2) is 0 Å². The van der Waals surface area contributed by atoms with Crippen LogP contribution in [0, 0.1) is 0 Å². The Kier molecular flexibility index (Phi) is 7.35. The lowest BCUT2D eigenvalue weighted by Crippen LogP contribution is -2.64. The second kappa shape index (κ2) is 8.17. The zero-order chi connectivity index (χ0) is 20.3. The Bertz CT molecular complexity index is 558. The van der Waals surface area contributed by atoms with Gasteiger partial charge in [0.25, 0.3) is 0 Å². The molecule has 26 heavy (non-hydrogen) atoms. The minimum Gasteiger partial charge on any atom is -0.412 e. The zero-order valence-electron chi connectivity index (χ0n) is 16.7. The monoisotopic (exact) mass is 428 g/mol. The van der Waals surface area contributed by atoms with Gasteiger partial charge in [0.15, 0.2) is 5.79 Å². The van der Waals surface area contributed by atoms with E-state index in [9.17, 15) is 0 Å². The summed E-state index contributed by atoms with van der Waals surface area (Å²) in [7, 11) is -11.2. The van der Waals surface area contributed by atoms with Crippen molar-refractivity contribution in [3.05, 3.63) is 62.1 Å². The topological polar surface area (TPSA) is 46.2 Å². The third-order valence-corrected chi connectivity index (χ3v) is 18.9. The molecule has 0 spiro atoms. The maximum Gasteiger partial charge on any atom is 0.354 e. The van der Waals surface area contributed by atoms with E-state index in [1.54, 1.807) is 36.2 Å². The van der Waals surface area contributed by atoms with Crippen molar-refractivity contribution in [2.45, 2.75) is 44.9 Å². The summed E-state index contributed by atoms with van der Waals surface area (Å²) in [5.74, 6) is -1.10.